The Morgan fingerprint density at radius 3 is 2.42 bits per heavy atom. The lowest BCUT2D eigenvalue weighted by molar-refractivity contribution is -0.124. The predicted molar refractivity (Wildman–Crippen MR) is 92.3 cm³/mol. The molecule has 0 saturated heterocycles. The summed E-state index contributed by atoms with van der Waals surface area (Å²) in [5.41, 5.74) is 2.10. The molecule has 0 spiro atoms. The predicted octanol–water partition coefficient (Wildman–Crippen LogP) is 2.93. The molecule has 0 aliphatic rings. The topological polar surface area (TPSA) is 87.7 Å². The van der Waals surface area contributed by atoms with Gasteiger partial charge in [-0.15, -0.1) is 0 Å². The van der Waals surface area contributed by atoms with Gasteiger partial charge in [0, 0.05) is 18.5 Å². The second kappa shape index (κ2) is 7.61. The first-order valence-corrected chi connectivity index (χ1v) is 7.45. The minimum absolute atomic E-state index is 0.0866. The Morgan fingerprint density at radius 1 is 1.08 bits per heavy atom. The lowest BCUT2D eigenvalue weighted by Gasteiger charge is -2.12. The Morgan fingerprint density at radius 2 is 1.75 bits per heavy atom. The number of aryl methyl sites for hydroxylation is 1. The molecular formula is C18H20N2O4. The second-order valence-corrected chi connectivity index (χ2v) is 5.42. The Balaban J connectivity index is 2.13. The molecule has 0 saturated carbocycles. The van der Waals surface area contributed by atoms with Crippen LogP contribution in [0.2, 0.25) is 0 Å². The molecule has 1 atom stereocenters. The van der Waals surface area contributed by atoms with Crippen LogP contribution >= 0.6 is 0 Å². The van der Waals surface area contributed by atoms with Crippen molar-refractivity contribution in [3.8, 4) is 5.75 Å². The number of phenols is 1. The van der Waals surface area contributed by atoms with Gasteiger partial charge in [0.05, 0.1) is 5.56 Å². The molecule has 3 N–H and O–H groups in total. The third kappa shape index (κ3) is 4.33. The number of nitrogens with one attached hydrogen (secondary N) is 2. The van der Waals surface area contributed by atoms with Gasteiger partial charge in [-0.25, -0.2) is 0 Å². The maximum absolute atomic E-state index is 12.3. The normalized spacial score (nSPS) is 11.6. The molecule has 0 aliphatic heterocycles. The number of carbonyl (C=O) groups excluding carboxylic acids is 2. The molecule has 2 amide bonds. The number of hydrogen-bond acceptors (Lipinski definition) is 4. The fourth-order valence-electron chi connectivity index (χ4n) is 2.06. The average Bonchev–Trinajstić information content (AvgIpc) is 2.56. The highest BCUT2D eigenvalue weighted by atomic mass is 16.5. The summed E-state index contributed by atoms with van der Waals surface area (Å²) in [4.78, 5) is 24.1. The average molecular weight is 328 g/mol. The van der Waals surface area contributed by atoms with Crippen LogP contribution in [-0.2, 0) is 9.53 Å². The fraction of sp³-hybridized carbons (Fsp3) is 0.222. The Bertz CT molecular complexity index is 758. The molecule has 0 aliphatic carbocycles. The van der Waals surface area contributed by atoms with Crippen molar-refractivity contribution in [2.24, 2.45) is 0 Å². The first kappa shape index (κ1) is 17.5. The molecule has 2 aromatic carbocycles. The summed E-state index contributed by atoms with van der Waals surface area (Å²) in [5, 5.41) is 15.2. The summed E-state index contributed by atoms with van der Waals surface area (Å²) in [6.45, 7) is 3.48. The fourth-order valence-corrected chi connectivity index (χ4v) is 2.06. The molecule has 6 heteroatoms. The summed E-state index contributed by atoms with van der Waals surface area (Å²) in [7, 11) is 1.45. The summed E-state index contributed by atoms with van der Waals surface area (Å²) in [6, 6.07) is 11.5. The Labute approximate surface area is 140 Å². The van der Waals surface area contributed by atoms with Crippen LogP contribution in [0.1, 0.15) is 22.8 Å². The van der Waals surface area contributed by atoms with Gasteiger partial charge in [-0.2, -0.15) is 0 Å². The third-order valence-corrected chi connectivity index (χ3v) is 3.51. The maximum atomic E-state index is 12.3. The van der Waals surface area contributed by atoms with Crippen LogP contribution in [0.25, 0.3) is 0 Å². The molecule has 0 bridgehead atoms. The molecule has 0 aromatic heterocycles. The van der Waals surface area contributed by atoms with E-state index in [0.717, 1.165) is 5.56 Å². The van der Waals surface area contributed by atoms with Crippen molar-refractivity contribution in [1.82, 2.24) is 0 Å². The zero-order valence-electron chi connectivity index (χ0n) is 13.8. The van der Waals surface area contributed by atoms with Crippen molar-refractivity contribution in [2.75, 3.05) is 17.7 Å². The number of phenolic OH excluding ortho intramolecular Hbond substituents is 1. The third-order valence-electron chi connectivity index (χ3n) is 3.51. The number of rotatable bonds is 5. The van der Waals surface area contributed by atoms with E-state index in [1.165, 1.54) is 13.2 Å². The number of aromatic hydroxyl groups is 1. The Kier molecular flexibility index (Phi) is 5.55. The molecule has 0 heterocycles. The van der Waals surface area contributed by atoms with Gasteiger partial charge in [0.1, 0.15) is 11.9 Å². The van der Waals surface area contributed by atoms with Gasteiger partial charge in [-0.3, -0.25) is 9.59 Å². The van der Waals surface area contributed by atoms with E-state index < -0.39 is 12.0 Å². The zero-order chi connectivity index (χ0) is 17.7. The number of hydrogen-bond donors (Lipinski definition) is 3. The lowest BCUT2D eigenvalue weighted by atomic mass is 10.1. The monoisotopic (exact) mass is 328 g/mol. The minimum atomic E-state index is -0.576. The summed E-state index contributed by atoms with van der Waals surface area (Å²) in [5.74, 6) is -0.793. The number of methoxy groups -OCH3 is 1. The van der Waals surface area contributed by atoms with E-state index >= 15 is 0 Å². The van der Waals surface area contributed by atoms with E-state index in [9.17, 15) is 14.7 Å². The molecule has 2 aromatic rings. The van der Waals surface area contributed by atoms with Gasteiger partial charge in [0.25, 0.3) is 11.8 Å². The molecule has 6 nitrogen and oxygen atoms in total. The highest BCUT2D eigenvalue weighted by molar-refractivity contribution is 6.06. The Hall–Kier alpha value is -2.86. The SMILES string of the molecule is CO[C@@H](C)C(=O)Nc1cccc(NC(=O)c2cc(C)ccc2O)c1. The molecule has 126 valence electrons. The largest absolute Gasteiger partial charge is 0.507 e. The number of amides is 2. The minimum Gasteiger partial charge on any atom is -0.507 e. The van der Waals surface area contributed by atoms with Gasteiger partial charge < -0.3 is 20.5 Å². The molecule has 24 heavy (non-hydrogen) atoms. The van der Waals surface area contributed by atoms with Crippen molar-refractivity contribution in [3.63, 3.8) is 0 Å². The first-order valence-electron chi connectivity index (χ1n) is 7.45. The van der Waals surface area contributed by atoms with Gasteiger partial charge in [-0.05, 0) is 44.2 Å². The number of benzene rings is 2. The molecule has 0 radical (unpaired) electrons. The zero-order valence-corrected chi connectivity index (χ0v) is 13.8. The smallest absolute Gasteiger partial charge is 0.259 e. The van der Waals surface area contributed by atoms with Crippen LogP contribution in [0.15, 0.2) is 42.5 Å². The van der Waals surface area contributed by atoms with Crippen molar-refractivity contribution in [2.45, 2.75) is 20.0 Å². The lowest BCUT2D eigenvalue weighted by Crippen LogP contribution is -2.26. The van der Waals surface area contributed by atoms with Crippen LogP contribution in [0.3, 0.4) is 0 Å². The van der Waals surface area contributed by atoms with Crippen molar-refractivity contribution < 1.29 is 19.4 Å². The van der Waals surface area contributed by atoms with Crippen LogP contribution < -0.4 is 10.6 Å². The number of anilines is 2. The molecule has 0 unspecified atom stereocenters. The molecule has 2 rings (SSSR count). The standard InChI is InChI=1S/C18H20N2O4/c1-11-7-8-16(21)15(9-11)18(23)20-14-6-4-5-13(10-14)19-17(22)12(2)24-3/h4-10,12,21H,1-3H3,(H,19,22)(H,20,23)/t12-/m0/s1. The summed E-state index contributed by atoms with van der Waals surface area (Å²) >= 11 is 0. The quantitative estimate of drug-likeness (QED) is 0.787. The van der Waals surface area contributed by atoms with E-state index in [4.69, 9.17) is 4.74 Å². The van der Waals surface area contributed by atoms with Crippen LogP contribution in [0.4, 0.5) is 11.4 Å². The maximum Gasteiger partial charge on any atom is 0.259 e. The van der Waals surface area contributed by atoms with Gasteiger partial charge >= 0.3 is 0 Å². The van der Waals surface area contributed by atoms with Crippen LogP contribution in [0.5, 0.6) is 5.75 Å². The summed E-state index contributed by atoms with van der Waals surface area (Å²) in [6.07, 6.45) is -0.576. The van der Waals surface area contributed by atoms with Crippen molar-refractivity contribution >= 4 is 23.2 Å². The highest BCUT2D eigenvalue weighted by Crippen LogP contribution is 2.21. The number of ether oxygens (including phenoxy) is 1. The van der Waals surface area contributed by atoms with Gasteiger partial charge in [0.2, 0.25) is 0 Å². The van der Waals surface area contributed by atoms with Crippen molar-refractivity contribution in [1.29, 1.82) is 0 Å². The van der Waals surface area contributed by atoms with E-state index in [0.29, 0.717) is 11.4 Å². The number of carbonyl (C=O) groups is 2. The van der Waals surface area contributed by atoms with Gasteiger partial charge in [0.15, 0.2) is 0 Å². The first-order chi connectivity index (χ1) is 11.4. The van der Waals surface area contributed by atoms with Crippen molar-refractivity contribution in [3.05, 3.63) is 53.6 Å². The molecular weight excluding hydrogens is 308 g/mol. The van der Waals surface area contributed by atoms with Crippen LogP contribution in [0, 0.1) is 6.92 Å². The molecule has 0 fully saturated rings. The second-order valence-electron chi connectivity index (χ2n) is 5.42. The van der Waals surface area contributed by atoms with Crippen LogP contribution in [-0.4, -0.2) is 30.1 Å². The summed E-state index contributed by atoms with van der Waals surface area (Å²) < 4.78 is 4.95. The van der Waals surface area contributed by atoms with E-state index in [1.807, 2.05) is 6.92 Å². The van der Waals surface area contributed by atoms with E-state index in [1.54, 1.807) is 43.3 Å². The van der Waals surface area contributed by atoms with E-state index in [2.05, 4.69) is 10.6 Å². The highest BCUT2D eigenvalue weighted by Gasteiger charge is 2.14. The van der Waals surface area contributed by atoms with Gasteiger partial charge in [-0.1, -0.05) is 17.7 Å². The van der Waals surface area contributed by atoms with E-state index in [-0.39, 0.29) is 17.2 Å².